The average Bonchev–Trinajstić information content (AvgIpc) is 2.63. The zero-order chi connectivity index (χ0) is 25.6. The Hall–Kier alpha value is -3.10. The molecule has 0 bridgehead atoms. The number of amides is 4. The fraction of sp³-hybridized carbons (Fsp3) is 0.583. The van der Waals surface area contributed by atoms with Crippen molar-refractivity contribution in [1.82, 2.24) is 15.5 Å². The molecule has 0 aliphatic rings. The molecule has 9 nitrogen and oxygen atoms in total. The number of alkyl carbamates (subject to hydrolysis) is 1. The van der Waals surface area contributed by atoms with Crippen LogP contribution in [0.1, 0.15) is 71.6 Å². The number of carbonyl (C=O) groups is 4. The molecule has 0 spiro atoms. The van der Waals surface area contributed by atoms with Crippen LogP contribution < -0.4 is 16.4 Å². The number of hydrogen-bond acceptors (Lipinski definition) is 5. The second-order valence-electron chi connectivity index (χ2n) is 10.2. The van der Waals surface area contributed by atoms with Crippen molar-refractivity contribution in [1.29, 1.82) is 0 Å². The van der Waals surface area contributed by atoms with E-state index in [0.717, 1.165) is 5.56 Å². The molecule has 0 saturated carbocycles. The van der Waals surface area contributed by atoms with E-state index in [1.807, 2.05) is 39.8 Å². The van der Waals surface area contributed by atoms with Crippen LogP contribution in [0.25, 0.3) is 0 Å². The van der Waals surface area contributed by atoms with Crippen molar-refractivity contribution in [3.05, 3.63) is 35.4 Å². The Morgan fingerprint density at radius 3 is 2.03 bits per heavy atom. The number of nitrogens with zero attached hydrogens (tertiary/aromatic N) is 1. The maximum absolute atomic E-state index is 13.4. The molecule has 33 heavy (non-hydrogen) atoms. The maximum Gasteiger partial charge on any atom is 0.408 e. The van der Waals surface area contributed by atoms with Gasteiger partial charge in [0.15, 0.2) is 0 Å². The van der Waals surface area contributed by atoms with E-state index in [9.17, 15) is 19.2 Å². The molecule has 9 heteroatoms. The van der Waals surface area contributed by atoms with Gasteiger partial charge in [-0.15, -0.1) is 0 Å². The van der Waals surface area contributed by atoms with Crippen LogP contribution >= 0.6 is 0 Å². The molecule has 1 aromatic rings. The van der Waals surface area contributed by atoms with Crippen molar-refractivity contribution in [2.45, 2.75) is 84.5 Å². The third-order valence-corrected chi connectivity index (χ3v) is 4.54. The molecule has 1 rings (SSSR count). The number of benzene rings is 1. The van der Waals surface area contributed by atoms with Gasteiger partial charge in [-0.1, -0.05) is 29.8 Å². The minimum absolute atomic E-state index is 0.0285. The van der Waals surface area contributed by atoms with Gasteiger partial charge in [0, 0.05) is 19.0 Å². The van der Waals surface area contributed by atoms with Gasteiger partial charge < -0.3 is 26.0 Å². The predicted molar refractivity (Wildman–Crippen MR) is 126 cm³/mol. The average molecular weight is 463 g/mol. The zero-order valence-corrected chi connectivity index (χ0v) is 20.9. The molecule has 184 valence electrons. The number of ether oxygens (including phenoxy) is 1. The van der Waals surface area contributed by atoms with Gasteiger partial charge in [0.05, 0.1) is 0 Å². The lowest BCUT2D eigenvalue weighted by Crippen LogP contribution is -2.53. The molecule has 0 aromatic heterocycles. The molecule has 0 heterocycles. The van der Waals surface area contributed by atoms with Gasteiger partial charge in [-0.2, -0.15) is 0 Å². The van der Waals surface area contributed by atoms with Crippen LogP contribution in [0.4, 0.5) is 4.79 Å². The lowest BCUT2D eigenvalue weighted by molar-refractivity contribution is -0.141. The summed E-state index contributed by atoms with van der Waals surface area (Å²) in [6, 6.07) is 5.22. The summed E-state index contributed by atoms with van der Waals surface area (Å²) in [5.41, 5.74) is 5.59. The summed E-state index contributed by atoms with van der Waals surface area (Å²) >= 11 is 0. The summed E-state index contributed by atoms with van der Waals surface area (Å²) in [7, 11) is 1.49. The Kier molecular flexibility index (Phi) is 9.45. The SMILES string of the molecule is Cc1ccc(C(C(=O)NC(C)(C)C)N(C)C(=O)C(CCC(N)=O)NC(=O)OC(C)(C)C)cc1. The number of nitrogens with one attached hydrogen (secondary N) is 2. The van der Waals surface area contributed by atoms with Crippen LogP contribution in [0, 0.1) is 6.92 Å². The molecule has 2 unspecified atom stereocenters. The number of likely N-dealkylation sites (N-methyl/N-ethyl adjacent to an activating group) is 1. The third-order valence-electron chi connectivity index (χ3n) is 4.54. The largest absolute Gasteiger partial charge is 0.444 e. The van der Waals surface area contributed by atoms with Gasteiger partial charge in [-0.05, 0) is 60.5 Å². The summed E-state index contributed by atoms with van der Waals surface area (Å²) in [6.45, 7) is 12.6. The second-order valence-corrected chi connectivity index (χ2v) is 10.2. The van der Waals surface area contributed by atoms with E-state index in [2.05, 4.69) is 10.6 Å². The second kappa shape index (κ2) is 11.2. The van der Waals surface area contributed by atoms with Crippen LogP contribution in [0.2, 0.25) is 0 Å². The monoisotopic (exact) mass is 462 g/mol. The molecule has 0 fully saturated rings. The van der Waals surface area contributed by atoms with Gasteiger partial charge in [0.2, 0.25) is 17.7 Å². The van der Waals surface area contributed by atoms with Gasteiger partial charge in [-0.3, -0.25) is 14.4 Å². The lowest BCUT2D eigenvalue weighted by atomic mass is 9.99. The quantitative estimate of drug-likeness (QED) is 0.546. The van der Waals surface area contributed by atoms with Crippen molar-refractivity contribution in [2.75, 3.05) is 7.05 Å². The van der Waals surface area contributed by atoms with Crippen molar-refractivity contribution in [2.24, 2.45) is 5.73 Å². The Balaban J connectivity index is 3.27. The highest BCUT2D eigenvalue weighted by Gasteiger charge is 2.35. The number of hydrogen-bond donors (Lipinski definition) is 3. The minimum atomic E-state index is -1.10. The highest BCUT2D eigenvalue weighted by Crippen LogP contribution is 2.23. The van der Waals surface area contributed by atoms with Crippen molar-refractivity contribution in [3.8, 4) is 0 Å². The van der Waals surface area contributed by atoms with E-state index >= 15 is 0 Å². The topological polar surface area (TPSA) is 131 Å². The predicted octanol–water partition coefficient (Wildman–Crippen LogP) is 2.57. The van der Waals surface area contributed by atoms with E-state index in [-0.39, 0.29) is 18.7 Å². The standard InChI is InChI=1S/C24H38N4O5/c1-15-9-11-16(12-10-15)19(20(30)27-23(2,3)4)28(8)21(31)17(13-14-18(25)29)26-22(32)33-24(5,6)7/h9-12,17,19H,13-14H2,1-8H3,(H2,25,29)(H,26,32)(H,27,30). The van der Waals surface area contributed by atoms with Gasteiger partial charge in [0.25, 0.3) is 0 Å². The number of carbonyl (C=O) groups excluding carboxylic acids is 4. The molecule has 2 atom stereocenters. The van der Waals surface area contributed by atoms with Crippen molar-refractivity contribution < 1.29 is 23.9 Å². The van der Waals surface area contributed by atoms with Gasteiger partial charge in [0.1, 0.15) is 17.7 Å². The van der Waals surface area contributed by atoms with Crippen LogP contribution in [0.5, 0.6) is 0 Å². The van der Waals surface area contributed by atoms with Crippen molar-refractivity contribution in [3.63, 3.8) is 0 Å². The molecule has 4 N–H and O–H groups in total. The zero-order valence-electron chi connectivity index (χ0n) is 20.9. The third kappa shape index (κ3) is 9.93. The Labute approximate surface area is 196 Å². The molecule has 1 aromatic carbocycles. The molecule has 0 aliphatic heterocycles. The molecular formula is C24H38N4O5. The van der Waals surface area contributed by atoms with Gasteiger partial charge >= 0.3 is 6.09 Å². The molecule has 0 radical (unpaired) electrons. The number of aryl methyl sites for hydroxylation is 1. The summed E-state index contributed by atoms with van der Waals surface area (Å²) < 4.78 is 5.26. The van der Waals surface area contributed by atoms with E-state index < -0.39 is 41.1 Å². The number of nitrogens with two attached hydrogens (primary N) is 1. The Morgan fingerprint density at radius 2 is 1.58 bits per heavy atom. The summed E-state index contributed by atoms with van der Waals surface area (Å²) in [5, 5.41) is 5.43. The van der Waals surface area contributed by atoms with E-state index in [1.165, 1.54) is 11.9 Å². The highest BCUT2D eigenvalue weighted by molar-refractivity contribution is 5.92. The molecular weight excluding hydrogens is 424 g/mol. The summed E-state index contributed by atoms with van der Waals surface area (Å²) in [4.78, 5) is 51.6. The van der Waals surface area contributed by atoms with E-state index in [0.29, 0.717) is 5.56 Å². The highest BCUT2D eigenvalue weighted by atomic mass is 16.6. The van der Waals surface area contributed by atoms with Gasteiger partial charge in [-0.25, -0.2) is 4.79 Å². The first-order valence-corrected chi connectivity index (χ1v) is 10.9. The fourth-order valence-corrected chi connectivity index (χ4v) is 3.10. The van der Waals surface area contributed by atoms with Crippen molar-refractivity contribution >= 4 is 23.8 Å². The first-order chi connectivity index (χ1) is 15.0. The Morgan fingerprint density at radius 1 is 1.03 bits per heavy atom. The lowest BCUT2D eigenvalue weighted by Gasteiger charge is -2.33. The summed E-state index contributed by atoms with van der Waals surface area (Å²) in [6.07, 6.45) is -0.951. The van der Waals surface area contributed by atoms with E-state index in [1.54, 1.807) is 32.9 Å². The maximum atomic E-state index is 13.4. The first kappa shape index (κ1) is 27.9. The minimum Gasteiger partial charge on any atom is -0.444 e. The molecule has 0 aliphatic carbocycles. The molecule has 0 saturated heterocycles. The van der Waals surface area contributed by atoms with Crippen LogP contribution in [-0.2, 0) is 19.1 Å². The molecule has 4 amide bonds. The smallest absolute Gasteiger partial charge is 0.408 e. The van der Waals surface area contributed by atoms with E-state index in [4.69, 9.17) is 10.5 Å². The number of primary amides is 1. The van der Waals surface area contributed by atoms with Crippen LogP contribution in [0.15, 0.2) is 24.3 Å². The first-order valence-electron chi connectivity index (χ1n) is 10.9. The number of rotatable bonds is 8. The fourth-order valence-electron chi connectivity index (χ4n) is 3.10. The van der Waals surface area contributed by atoms with Crippen LogP contribution in [-0.4, -0.2) is 52.9 Å². The van der Waals surface area contributed by atoms with Crippen LogP contribution in [0.3, 0.4) is 0 Å². The Bertz CT molecular complexity index is 853. The normalized spacial score (nSPS) is 13.5. The summed E-state index contributed by atoms with van der Waals surface area (Å²) in [5.74, 6) is -1.52.